The van der Waals surface area contributed by atoms with E-state index in [2.05, 4.69) is 33.2 Å². The van der Waals surface area contributed by atoms with Crippen molar-refractivity contribution in [2.45, 2.75) is 25.4 Å². The SMILES string of the molecule is O=C(CC[C@H](NCc1cccc(I)c1)C(=O)O)NC(=O)c1ccc(-c2ccccc2)cc1. The molecule has 0 aliphatic carbocycles. The highest BCUT2D eigenvalue weighted by Gasteiger charge is 2.19. The van der Waals surface area contributed by atoms with Crippen LogP contribution < -0.4 is 10.6 Å². The summed E-state index contributed by atoms with van der Waals surface area (Å²) in [6.07, 6.45) is -0.00452. The van der Waals surface area contributed by atoms with Gasteiger partial charge >= 0.3 is 5.97 Å². The molecule has 7 heteroatoms. The van der Waals surface area contributed by atoms with Gasteiger partial charge in [0.1, 0.15) is 6.04 Å². The van der Waals surface area contributed by atoms with Crippen molar-refractivity contribution in [3.05, 3.63) is 93.6 Å². The third-order valence-corrected chi connectivity index (χ3v) is 5.58. The highest BCUT2D eigenvalue weighted by molar-refractivity contribution is 14.1. The summed E-state index contributed by atoms with van der Waals surface area (Å²) in [5, 5.41) is 14.7. The molecule has 1 atom stereocenters. The first kappa shape index (κ1) is 23.6. The second kappa shape index (κ2) is 11.5. The summed E-state index contributed by atoms with van der Waals surface area (Å²) in [4.78, 5) is 36.1. The fourth-order valence-corrected chi connectivity index (χ4v) is 3.79. The lowest BCUT2D eigenvalue weighted by atomic mass is 10.0. The number of nitrogens with one attached hydrogen (secondary N) is 2. The summed E-state index contributed by atoms with van der Waals surface area (Å²) in [6, 6.07) is 23.6. The van der Waals surface area contributed by atoms with Gasteiger partial charge in [0.2, 0.25) is 5.91 Å². The molecule has 3 aromatic carbocycles. The van der Waals surface area contributed by atoms with E-state index in [4.69, 9.17) is 0 Å². The van der Waals surface area contributed by atoms with E-state index < -0.39 is 23.8 Å². The van der Waals surface area contributed by atoms with E-state index in [-0.39, 0.29) is 12.8 Å². The Balaban J connectivity index is 1.50. The van der Waals surface area contributed by atoms with Crippen LogP contribution in [0, 0.1) is 3.57 Å². The van der Waals surface area contributed by atoms with Crippen molar-refractivity contribution in [1.29, 1.82) is 0 Å². The predicted molar refractivity (Wildman–Crippen MR) is 131 cm³/mol. The number of benzene rings is 3. The Morgan fingerprint density at radius 1 is 0.875 bits per heavy atom. The highest BCUT2D eigenvalue weighted by Crippen LogP contribution is 2.19. The van der Waals surface area contributed by atoms with Gasteiger partial charge in [-0.25, -0.2) is 0 Å². The van der Waals surface area contributed by atoms with Gasteiger partial charge in [-0.3, -0.25) is 19.7 Å². The molecule has 0 radical (unpaired) electrons. The fraction of sp³-hybridized carbons (Fsp3) is 0.160. The zero-order valence-corrected chi connectivity index (χ0v) is 19.4. The van der Waals surface area contributed by atoms with Crippen LogP contribution in [-0.2, 0) is 16.1 Å². The second-order valence-electron chi connectivity index (χ2n) is 7.26. The van der Waals surface area contributed by atoms with Crippen molar-refractivity contribution < 1.29 is 19.5 Å². The van der Waals surface area contributed by atoms with E-state index in [0.29, 0.717) is 12.1 Å². The topological polar surface area (TPSA) is 95.5 Å². The zero-order chi connectivity index (χ0) is 22.9. The van der Waals surface area contributed by atoms with E-state index in [1.165, 1.54) is 0 Å². The van der Waals surface area contributed by atoms with Crippen molar-refractivity contribution in [3.8, 4) is 11.1 Å². The molecule has 0 aliphatic rings. The average molecular weight is 542 g/mol. The van der Waals surface area contributed by atoms with E-state index in [9.17, 15) is 19.5 Å². The van der Waals surface area contributed by atoms with Gasteiger partial charge in [0.25, 0.3) is 5.91 Å². The summed E-state index contributed by atoms with van der Waals surface area (Å²) >= 11 is 2.19. The van der Waals surface area contributed by atoms with E-state index in [1.807, 2.05) is 66.7 Å². The molecule has 0 saturated heterocycles. The van der Waals surface area contributed by atoms with Crippen LogP contribution in [0.15, 0.2) is 78.9 Å². The molecule has 0 saturated carbocycles. The average Bonchev–Trinajstić information content (AvgIpc) is 2.79. The highest BCUT2D eigenvalue weighted by atomic mass is 127. The number of carboxylic acid groups (broad SMARTS) is 1. The van der Waals surface area contributed by atoms with Gasteiger partial charge in [-0.1, -0.05) is 54.6 Å². The van der Waals surface area contributed by atoms with Gasteiger partial charge in [-0.2, -0.15) is 0 Å². The number of carbonyl (C=O) groups excluding carboxylic acids is 2. The minimum atomic E-state index is -1.04. The number of carboxylic acids is 1. The molecule has 3 aromatic rings. The number of hydrogen-bond acceptors (Lipinski definition) is 4. The van der Waals surface area contributed by atoms with Crippen LogP contribution in [0.3, 0.4) is 0 Å². The van der Waals surface area contributed by atoms with Crippen LogP contribution in [0.2, 0.25) is 0 Å². The lowest BCUT2D eigenvalue weighted by Gasteiger charge is -2.14. The lowest BCUT2D eigenvalue weighted by molar-refractivity contribution is -0.139. The van der Waals surface area contributed by atoms with Crippen molar-refractivity contribution in [2.24, 2.45) is 0 Å². The Bertz CT molecular complexity index is 1080. The molecule has 164 valence electrons. The first-order valence-corrected chi connectivity index (χ1v) is 11.2. The molecule has 3 rings (SSSR count). The molecular weight excluding hydrogens is 519 g/mol. The number of aliphatic carboxylic acids is 1. The predicted octanol–water partition coefficient (Wildman–Crippen LogP) is 4.24. The Kier molecular flexibility index (Phi) is 8.52. The number of hydrogen-bond donors (Lipinski definition) is 3. The van der Waals surface area contributed by atoms with E-state index >= 15 is 0 Å². The number of carbonyl (C=O) groups is 3. The minimum Gasteiger partial charge on any atom is -0.480 e. The monoisotopic (exact) mass is 542 g/mol. The Labute approximate surface area is 200 Å². The van der Waals surface area contributed by atoms with Crippen molar-refractivity contribution in [2.75, 3.05) is 0 Å². The molecule has 2 amide bonds. The van der Waals surface area contributed by atoms with Crippen molar-refractivity contribution >= 4 is 40.4 Å². The summed E-state index contributed by atoms with van der Waals surface area (Å²) < 4.78 is 1.06. The van der Waals surface area contributed by atoms with E-state index in [0.717, 1.165) is 20.3 Å². The molecule has 0 aromatic heterocycles. The van der Waals surface area contributed by atoms with Gasteiger partial charge in [-0.05, 0) is 70.0 Å². The maximum absolute atomic E-state index is 12.4. The van der Waals surface area contributed by atoms with Crippen LogP contribution in [0.1, 0.15) is 28.8 Å². The van der Waals surface area contributed by atoms with Gasteiger partial charge in [-0.15, -0.1) is 0 Å². The number of rotatable bonds is 9. The molecule has 0 heterocycles. The molecule has 32 heavy (non-hydrogen) atoms. The van der Waals surface area contributed by atoms with Gasteiger partial charge in [0.15, 0.2) is 0 Å². The molecule has 0 bridgehead atoms. The first-order chi connectivity index (χ1) is 15.4. The Morgan fingerprint density at radius 2 is 1.56 bits per heavy atom. The Morgan fingerprint density at radius 3 is 2.22 bits per heavy atom. The Hall–Kier alpha value is -3.04. The molecular formula is C25H23IN2O4. The van der Waals surface area contributed by atoms with Crippen LogP contribution >= 0.6 is 22.6 Å². The number of halogens is 1. The maximum atomic E-state index is 12.4. The van der Waals surface area contributed by atoms with Crippen LogP contribution in [0.5, 0.6) is 0 Å². The molecule has 3 N–H and O–H groups in total. The largest absolute Gasteiger partial charge is 0.480 e. The van der Waals surface area contributed by atoms with Gasteiger partial charge in [0, 0.05) is 22.1 Å². The minimum absolute atomic E-state index is 0.0747. The zero-order valence-electron chi connectivity index (χ0n) is 17.3. The molecule has 0 fully saturated rings. The summed E-state index contributed by atoms with van der Waals surface area (Å²) in [7, 11) is 0. The second-order valence-corrected chi connectivity index (χ2v) is 8.51. The number of amides is 2. The molecule has 0 aliphatic heterocycles. The maximum Gasteiger partial charge on any atom is 0.320 e. The lowest BCUT2D eigenvalue weighted by Crippen LogP contribution is -2.38. The first-order valence-electron chi connectivity index (χ1n) is 10.1. The summed E-state index contributed by atoms with van der Waals surface area (Å²) in [5.41, 5.74) is 3.33. The van der Waals surface area contributed by atoms with Crippen LogP contribution in [-0.4, -0.2) is 28.9 Å². The third kappa shape index (κ3) is 7.00. The third-order valence-electron chi connectivity index (χ3n) is 4.91. The smallest absolute Gasteiger partial charge is 0.320 e. The summed E-state index contributed by atoms with van der Waals surface area (Å²) in [6.45, 7) is 0.377. The fourth-order valence-electron chi connectivity index (χ4n) is 3.18. The van der Waals surface area contributed by atoms with Crippen molar-refractivity contribution in [3.63, 3.8) is 0 Å². The van der Waals surface area contributed by atoms with Crippen molar-refractivity contribution in [1.82, 2.24) is 10.6 Å². The van der Waals surface area contributed by atoms with Crippen LogP contribution in [0.4, 0.5) is 0 Å². The van der Waals surface area contributed by atoms with Crippen LogP contribution in [0.25, 0.3) is 11.1 Å². The quantitative estimate of drug-likeness (QED) is 0.352. The van der Waals surface area contributed by atoms with E-state index in [1.54, 1.807) is 12.1 Å². The normalized spacial score (nSPS) is 11.5. The van der Waals surface area contributed by atoms with Gasteiger partial charge in [0.05, 0.1) is 0 Å². The summed E-state index contributed by atoms with van der Waals surface area (Å²) in [5.74, 6) is -2.05. The van der Waals surface area contributed by atoms with Gasteiger partial charge < -0.3 is 10.4 Å². The molecule has 6 nitrogen and oxygen atoms in total. The number of imide groups is 1. The molecule has 0 spiro atoms. The molecule has 0 unspecified atom stereocenters. The standard InChI is InChI=1S/C25H23IN2O4/c26-21-8-4-5-17(15-21)16-27-22(25(31)32)13-14-23(29)28-24(30)20-11-9-19(10-12-20)18-6-2-1-3-7-18/h1-12,15,22,27H,13-14,16H2,(H,31,32)(H,28,29,30)/t22-/m0/s1.